The first kappa shape index (κ1) is 19.7. The summed E-state index contributed by atoms with van der Waals surface area (Å²) in [6.07, 6.45) is -4.79. The minimum atomic E-state index is -4.50. The van der Waals surface area contributed by atoms with E-state index in [1.807, 2.05) is 19.1 Å². The van der Waals surface area contributed by atoms with Crippen molar-refractivity contribution >= 4 is 12.0 Å². The summed E-state index contributed by atoms with van der Waals surface area (Å²) in [5.74, 6) is 0. The van der Waals surface area contributed by atoms with Crippen LogP contribution in [0.5, 0.6) is 0 Å². The Morgan fingerprint density at radius 1 is 1.21 bits per heavy atom. The third-order valence-electron chi connectivity index (χ3n) is 4.75. The lowest BCUT2D eigenvalue weighted by Crippen LogP contribution is -2.41. The quantitative estimate of drug-likeness (QED) is 0.610. The van der Waals surface area contributed by atoms with Gasteiger partial charge in [0.1, 0.15) is 0 Å². The third-order valence-corrected chi connectivity index (χ3v) is 4.75. The van der Waals surface area contributed by atoms with Crippen molar-refractivity contribution in [2.75, 3.05) is 5.73 Å². The highest BCUT2D eigenvalue weighted by Gasteiger charge is 2.39. The van der Waals surface area contributed by atoms with Crippen molar-refractivity contribution in [1.29, 1.82) is 0 Å². The molecule has 2 aromatic carbocycles. The highest BCUT2D eigenvalue weighted by Crippen LogP contribution is 2.38. The number of halogens is 3. The topological polar surface area (TPSA) is 74.3 Å². The number of aryl methyl sites for hydroxylation is 1. The van der Waals surface area contributed by atoms with Gasteiger partial charge in [0.15, 0.2) is 12.5 Å². The van der Waals surface area contributed by atoms with E-state index in [4.69, 9.17) is 5.73 Å². The molecule has 0 aromatic heterocycles. The number of benzene rings is 2. The van der Waals surface area contributed by atoms with E-state index in [9.17, 15) is 18.0 Å². The first-order valence-corrected chi connectivity index (χ1v) is 8.65. The number of anilines is 1. The summed E-state index contributed by atoms with van der Waals surface area (Å²) in [5, 5.41) is 10.7. The van der Waals surface area contributed by atoms with Gasteiger partial charge in [-0.3, -0.25) is 4.79 Å². The minimum Gasteiger partial charge on any atom is -0.399 e. The molecule has 0 amide bonds. The Morgan fingerprint density at radius 3 is 2.57 bits per heavy atom. The Hall–Kier alpha value is -3.10. The Bertz CT molecular complexity index is 899. The zero-order chi connectivity index (χ0) is 20.5. The summed E-state index contributed by atoms with van der Waals surface area (Å²) in [4.78, 5) is 11.7. The van der Waals surface area contributed by atoms with Crippen LogP contribution < -0.4 is 5.73 Å². The van der Waals surface area contributed by atoms with Crippen molar-refractivity contribution in [2.24, 2.45) is 10.4 Å². The molecule has 0 spiro atoms. The summed E-state index contributed by atoms with van der Waals surface area (Å²) in [5.41, 5.74) is 7.50. The predicted octanol–water partition coefficient (Wildman–Crippen LogP) is 4.28. The summed E-state index contributed by atoms with van der Waals surface area (Å²) < 4.78 is 40.0. The lowest BCUT2D eigenvalue weighted by Gasteiger charge is -2.29. The molecular weight excluding hydrogens is 371 g/mol. The first-order chi connectivity index (χ1) is 13.2. The monoisotopic (exact) mass is 391 g/mol. The molecule has 1 heterocycles. The van der Waals surface area contributed by atoms with Crippen LogP contribution >= 0.6 is 0 Å². The fraction of sp³-hybridized carbons (Fsp3) is 0.316. The van der Waals surface area contributed by atoms with Crippen molar-refractivity contribution in [3.63, 3.8) is 0 Å². The van der Waals surface area contributed by atoms with Crippen LogP contribution in [0.1, 0.15) is 35.2 Å². The molecule has 2 atom stereocenters. The number of alkyl halides is 3. The molecule has 148 valence electrons. The molecule has 2 aromatic rings. The number of carbonyl (C=O) groups is 1. The maximum atomic E-state index is 13.3. The molecule has 0 radical (unpaired) electrons. The van der Waals surface area contributed by atoms with Gasteiger partial charge in [-0.1, -0.05) is 40.8 Å². The van der Waals surface area contributed by atoms with E-state index in [2.05, 4.69) is 10.4 Å². The Kier molecular flexibility index (Phi) is 5.26. The van der Waals surface area contributed by atoms with Gasteiger partial charge < -0.3 is 5.73 Å². The second kappa shape index (κ2) is 7.49. The molecule has 1 aliphatic rings. The smallest absolute Gasteiger partial charge is 0.399 e. The van der Waals surface area contributed by atoms with Crippen molar-refractivity contribution in [3.8, 4) is 0 Å². The van der Waals surface area contributed by atoms with Gasteiger partial charge in [0.05, 0.1) is 18.2 Å². The van der Waals surface area contributed by atoms with Gasteiger partial charge in [-0.05, 0) is 42.7 Å². The SMILES string of the molecule is Cc1cc(CN2N=NN(C(C)c3ccccc3C(F)(F)F)C2C=O)ccc1N. The van der Waals surface area contributed by atoms with Crippen molar-refractivity contribution in [2.45, 2.75) is 38.8 Å². The number of nitrogen functional groups attached to an aromatic ring is 1. The molecule has 0 saturated carbocycles. The van der Waals surface area contributed by atoms with Crippen LogP contribution in [-0.2, 0) is 17.5 Å². The van der Waals surface area contributed by atoms with E-state index in [0.717, 1.165) is 17.2 Å². The molecule has 2 N–H and O–H groups in total. The molecule has 2 unspecified atom stereocenters. The maximum absolute atomic E-state index is 13.3. The minimum absolute atomic E-state index is 0.0333. The number of aldehydes is 1. The van der Waals surface area contributed by atoms with Crippen molar-refractivity contribution in [1.82, 2.24) is 10.0 Å². The number of hydrogen-bond donors (Lipinski definition) is 1. The Balaban J connectivity index is 1.84. The molecular formula is C19H20F3N5O. The van der Waals surface area contributed by atoms with Gasteiger partial charge >= 0.3 is 6.18 Å². The lowest BCUT2D eigenvalue weighted by molar-refractivity contribution is -0.138. The second-order valence-electron chi connectivity index (χ2n) is 6.66. The average Bonchev–Trinajstić information content (AvgIpc) is 3.06. The van der Waals surface area contributed by atoms with E-state index in [1.54, 1.807) is 13.0 Å². The van der Waals surface area contributed by atoms with Crippen LogP contribution in [0.15, 0.2) is 52.9 Å². The molecule has 28 heavy (non-hydrogen) atoms. The summed E-state index contributed by atoms with van der Waals surface area (Å²) in [6.45, 7) is 3.71. The van der Waals surface area contributed by atoms with E-state index in [1.165, 1.54) is 28.2 Å². The van der Waals surface area contributed by atoms with Gasteiger partial charge in [-0.25, -0.2) is 10.0 Å². The van der Waals surface area contributed by atoms with Crippen LogP contribution in [0.4, 0.5) is 18.9 Å². The van der Waals surface area contributed by atoms with Crippen LogP contribution in [-0.4, -0.2) is 22.5 Å². The fourth-order valence-corrected chi connectivity index (χ4v) is 3.19. The zero-order valence-corrected chi connectivity index (χ0v) is 15.4. The highest BCUT2D eigenvalue weighted by atomic mass is 19.4. The van der Waals surface area contributed by atoms with E-state index >= 15 is 0 Å². The molecule has 6 nitrogen and oxygen atoms in total. The molecule has 3 rings (SSSR count). The summed E-state index contributed by atoms with van der Waals surface area (Å²) in [6, 6.07) is 9.91. The zero-order valence-electron chi connectivity index (χ0n) is 15.4. The van der Waals surface area contributed by atoms with Crippen molar-refractivity contribution < 1.29 is 18.0 Å². The molecule has 0 fully saturated rings. The van der Waals surface area contributed by atoms with Gasteiger partial charge in [-0.2, -0.15) is 13.2 Å². The molecule has 0 saturated heterocycles. The molecule has 0 bridgehead atoms. The predicted molar refractivity (Wildman–Crippen MR) is 97.5 cm³/mol. The number of rotatable bonds is 5. The highest BCUT2D eigenvalue weighted by molar-refractivity contribution is 5.57. The second-order valence-corrected chi connectivity index (χ2v) is 6.66. The fourth-order valence-electron chi connectivity index (χ4n) is 3.19. The maximum Gasteiger partial charge on any atom is 0.416 e. The molecule has 9 heteroatoms. The van der Waals surface area contributed by atoms with E-state index in [0.29, 0.717) is 12.0 Å². The summed E-state index contributed by atoms with van der Waals surface area (Å²) >= 11 is 0. The number of carbonyl (C=O) groups excluding carboxylic acids is 1. The number of nitrogens with two attached hydrogens (primary N) is 1. The summed E-state index contributed by atoms with van der Waals surface area (Å²) in [7, 11) is 0. The standard InChI is InChI=1S/C19H20F3N5O/c1-12-9-14(7-8-17(12)23)10-26-18(11-28)27(25-24-26)13(2)15-5-3-4-6-16(15)19(20,21)22/h3-9,11,13,18H,10,23H2,1-2H3. The first-order valence-electron chi connectivity index (χ1n) is 8.65. The third kappa shape index (κ3) is 3.78. The van der Waals surface area contributed by atoms with Gasteiger partial charge in [-0.15, -0.1) is 0 Å². The molecule has 1 aliphatic heterocycles. The largest absolute Gasteiger partial charge is 0.416 e. The number of nitrogens with zero attached hydrogens (tertiary/aromatic N) is 4. The normalized spacial score (nSPS) is 17.8. The van der Waals surface area contributed by atoms with Crippen LogP contribution in [0.3, 0.4) is 0 Å². The van der Waals surface area contributed by atoms with Gasteiger partial charge in [0.25, 0.3) is 0 Å². The van der Waals surface area contributed by atoms with E-state index in [-0.39, 0.29) is 12.1 Å². The van der Waals surface area contributed by atoms with Crippen LogP contribution in [0.2, 0.25) is 0 Å². The van der Waals surface area contributed by atoms with Gasteiger partial charge in [0, 0.05) is 5.69 Å². The van der Waals surface area contributed by atoms with E-state index < -0.39 is 23.9 Å². The molecule has 0 aliphatic carbocycles. The van der Waals surface area contributed by atoms with Crippen LogP contribution in [0, 0.1) is 6.92 Å². The average molecular weight is 391 g/mol. The van der Waals surface area contributed by atoms with Crippen molar-refractivity contribution in [3.05, 3.63) is 64.7 Å². The Labute approximate surface area is 160 Å². The van der Waals surface area contributed by atoms with Gasteiger partial charge in [0.2, 0.25) is 0 Å². The Morgan fingerprint density at radius 2 is 1.93 bits per heavy atom. The van der Waals surface area contributed by atoms with Crippen LogP contribution in [0.25, 0.3) is 0 Å². The lowest BCUT2D eigenvalue weighted by atomic mass is 10.0. The number of hydrogen-bond acceptors (Lipinski definition) is 6.